The molecule has 1 aromatic carbocycles. The summed E-state index contributed by atoms with van der Waals surface area (Å²) < 4.78 is 6.95. The number of benzene rings is 1. The van der Waals surface area contributed by atoms with Crippen LogP contribution in [-0.2, 0) is 0 Å². The molecule has 0 aliphatic carbocycles. The fourth-order valence-electron chi connectivity index (χ4n) is 1.63. The Labute approximate surface area is 110 Å². The third kappa shape index (κ3) is 4.17. The zero-order valence-electron chi connectivity index (χ0n) is 8.41. The fourth-order valence-corrected chi connectivity index (χ4v) is 2.14. The van der Waals surface area contributed by atoms with Crippen molar-refractivity contribution in [1.29, 1.82) is 0 Å². The molecule has 1 aliphatic heterocycles. The van der Waals surface area contributed by atoms with E-state index in [2.05, 4.69) is 40.0 Å². The maximum Gasteiger partial charge on any atom is 0.120 e. The monoisotopic (exact) mass is 339 g/mol. The lowest BCUT2D eigenvalue weighted by atomic mass is 10.1. The molecule has 1 heterocycles. The second kappa shape index (κ2) is 6.55. The number of nitrogens with one attached hydrogen (secondary N) is 1. The van der Waals surface area contributed by atoms with Crippen LogP contribution in [0.1, 0.15) is 6.42 Å². The first-order valence-electron chi connectivity index (χ1n) is 4.94. The number of halogens is 2. The molecule has 0 bridgehead atoms. The first-order valence-corrected chi connectivity index (χ1v) is 6.01. The van der Waals surface area contributed by atoms with Gasteiger partial charge in [-0.25, -0.2) is 0 Å². The molecule has 1 aliphatic rings. The van der Waals surface area contributed by atoms with Crippen LogP contribution in [0, 0.1) is 9.49 Å². The van der Waals surface area contributed by atoms with Crippen molar-refractivity contribution in [1.82, 2.24) is 5.32 Å². The van der Waals surface area contributed by atoms with Crippen molar-refractivity contribution in [2.24, 2.45) is 5.92 Å². The standard InChI is InChI=1S/C11H14INO.ClH/c12-10-2-1-3-11(6-10)14-8-9-4-5-13-7-9;/h1-3,6,9,13H,4-5,7-8H2;1H. The topological polar surface area (TPSA) is 21.3 Å². The largest absolute Gasteiger partial charge is 0.493 e. The zero-order valence-corrected chi connectivity index (χ0v) is 11.4. The lowest BCUT2D eigenvalue weighted by Gasteiger charge is -2.10. The predicted octanol–water partition coefficient (Wildman–Crippen LogP) is 2.70. The Hall–Kier alpha value is -0.0000000000000000278. The molecular formula is C11H15ClINO. The summed E-state index contributed by atoms with van der Waals surface area (Å²) in [4.78, 5) is 0. The van der Waals surface area contributed by atoms with Crippen LogP contribution in [0.2, 0.25) is 0 Å². The molecule has 1 atom stereocenters. The molecule has 0 saturated carbocycles. The third-order valence-electron chi connectivity index (χ3n) is 2.44. The average Bonchev–Trinajstić information content (AvgIpc) is 2.67. The van der Waals surface area contributed by atoms with Crippen LogP contribution in [0.15, 0.2) is 24.3 Å². The second-order valence-electron chi connectivity index (χ2n) is 3.63. The molecule has 15 heavy (non-hydrogen) atoms. The summed E-state index contributed by atoms with van der Waals surface area (Å²) in [6.45, 7) is 3.08. The molecule has 1 aromatic rings. The average molecular weight is 340 g/mol. The summed E-state index contributed by atoms with van der Waals surface area (Å²) >= 11 is 2.30. The van der Waals surface area contributed by atoms with E-state index in [-0.39, 0.29) is 12.4 Å². The molecule has 2 rings (SSSR count). The van der Waals surface area contributed by atoms with E-state index >= 15 is 0 Å². The SMILES string of the molecule is Cl.Ic1cccc(OCC2CCNC2)c1. The molecule has 84 valence electrons. The van der Waals surface area contributed by atoms with Gasteiger partial charge in [-0.05, 0) is 53.8 Å². The predicted molar refractivity (Wildman–Crippen MR) is 72.9 cm³/mol. The second-order valence-corrected chi connectivity index (χ2v) is 4.87. The van der Waals surface area contributed by atoms with Crippen molar-refractivity contribution in [2.75, 3.05) is 19.7 Å². The normalized spacial score (nSPS) is 19.7. The van der Waals surface area contributed by atoms with Crippen LogP contribution < -0.4 is 10.1 Å². The van der Waals surface area contributed by atoms with Crippen LogP contribution in [0.5, 0.6) is 5.75 Å². The molecule has 1 fully saturated rings. The van der Waals surface area contributed by atoms with Crippen molar-refractivity contribution >= 4 is 35.0 Å². The van der Waals surface area contributed by atoms with Crippen molar-refractivity contribution in [3.63, 3.8) is 0 Å². The van der Waals surface area contributed by atoms with Crippen LogP contribution in [0.25, 0.3) is 0 Å². The lowest BCUT2D eigenvalue weighted by Crippen LogP contribution is -2.15. The van der Waals surface area contributed by atoms with Gasteiger partial charge in [-0.1, -0.05) is 6.07 Å². The Bertz CT molecular complexity index is 302. The van der Waals surface area contributed by atoms with Crippen LogP contribution in [0.3, 0.4) is 0 Å². The van der Waals surface area contributed by atoms with Crippen LogP contribution in [0.4, 0.5) is 0 Å². The molecule has 1 unspecified atom stereocenters. The molecule has 1 N–H and O–H groups in total. The highest BCUT2D eigenvalue weighted by Crippen LogP contribution is 2.16. The first-order chi connectivity index (χ1) is 6.84. The highest BCUT2D eigenvalue weighted by Gasteiger charge is 2.14. The van der Waals surface area contributed by atoms with Gasteiger partial charge in [0.1, 0.15) is 5.75 Å². The molecule has 1 saturated heterocycles. The number of hydrogen-bond donors (Lipinski definition) is 1. The molecule has 0 radical (unpaired) electrons. The minimum absolute atomic E-state index is 0. The summed E-state index contributed by atoms with van der Waals surface area (Å²) in [5.74, 6) is 1.68. The zero-order chi connectivity index (χ0) is 9.80. The molecule has 0 spiro atoms. The summed E-state index contributed by atoms with van der Waals surface area (Å²) in [6.07, 6.45) is 1.24. The molecule has 0 amide bonds. The van der Waals surface area contributed by atoms with Gasteiger partial charge in [0.05, 0.1) is 6.61 Å². The van der Waals surface area contributed by atoms with Crippen molar-refractivity contribution in [3.8, 4) is 5.75 Å². The summed E-state index contributed by atoms with van der Waals surface area (Å²) in [7, 11) is 0. The van der Waals surface area contributed by atoms with E-state index in [1.807, 2.05) is 12.1 Å². The molecular weight excluding hydrogens is 324 g/mol. The van der Waals surface area contributed by atoms with Gasteiger partial charge < -0.3 is 10.1 Å². The lowest BCUT2D eigenvalue weighted by molar-refractivity contribution is 0.260. The van der Waals surface area contributed by atoms with E-state index in [4.69, 9.17) is 4.74 Å². The van der Waals surface area contributed by atoms with Gasteiger partial charge in [-0.3, -0.25) is 0 Å². The maximum atomic E-state index is 5.73. The summed E-state index contributed by atoms with van der Waals surface area (Å²) in [5.41, 5.74) is 0. The number of ether oxygens (including phenoxy) is 1. The molecule has 0 aromatic heterocycles. The van der Waals surface area contributed by atoms with Gasteiger partial charge in [0, 0.05) is 16.0 Å². The first kappa shape index (κ1) is 13.1. The minimum Gasteiger partial charge on any atom is -0.493 e. The number of rotatable bonds is 3. The van der Waals surface area contributed by atoms with Crippen molar-refractivity contribution in [3.05, 3.63) is 27.8 Å². The maximum absolute atomic E-state index is 5.73. The van der Waals surface area contributed by atoms with E-state index in [0.717, 1.165) is 25.4 Å². The van der Waals surface area contributed by atoms with E-state index in [1.54, 1.807) is 0 Å². The highest BCUT2D eigenvalue weighted by molar-refractivity contribution is 14.1. The Morgan fingerprint density at radius 3 is 3.00 bits per heavy atom. The fraction of sp³-hybridized carbons (Fsp3) is 0.455. The van der Waals surface area contributed by atoms with Gasteiger partial charge in [-0.2, -0.15) is 0 Å². The Morgan fingerprint density at radius 1 is 1.47 bits per heavy atom. The van der Waals surface area contributed by atoms with Gasteiger partial charge >= 0.3 is 0 Å². The summed E-state index contributed by atoms with van der Waals surface area (Å²) in [5, 5.41) is 3.34. The highest BCUT2D eigenvalue weighted by atomic mass is 127. The quantitative estimate of drug-likeness (QED) is 0.855. The molecule has 4 heteroatoms. The van der Waals surface area contributed by atoms with E-state index in [9.17, 15) is 0 Å². The summed E-state index contributed by atoms with van der Waals surface area (Å²) in [6, 6.07) is 8.20. The van der Waals surface area contributed by atoms with Crippen molar-refractivity contribution < 1.29 is 4.74 Å². The van der Waals surface area contributed by atoms with Crippen molar-refractivity contribution in [2.45, 2.75) is 6.42 Å². The number of hydrogen-bond acceptors (Lipinski definition) is 2. The van der Waals surface area contributed by atoms with Gasteiger partial charge in [0.15, 0.2) is 0 Å². The Morgan fingerprint density at radius 2 is 2.33 bits per heavy atom. The van der Waals surface area contributed by atoms with Gasteiger partial charge in [0.2, 0.25) is 0 Å². The third-order valence-corrected chi connectivity index (χ3v) is 3.12. The van der Waals surface area contributed by atoms with Crippen LogP contribution in [-0.4, -0.2) is 19.7 Å². The Balaban J connectivity index is 0.00000112. The smallest absolute Gasteiger partial charge is 0.120 e. The van der Waals surface area contributed by atoms with Gasteiger partial charge in [0.25, 0.3) is 0 Å². The minimum atomic E-state index is 0. The van der Waals surface area contributed by atoms with Gasteiger partial charge in [-0.15, -0.1) is 12.4 Å². The Kier molecular flexibility index (Phi) is 5.71. The van der Waals surface area contributed by atoms with E-state index < -0.39 is 0 Å². The van der Waals surface area contributed by atoms with Crippen LogP contribution >= 0.6 is 35.0 Å². The van der Waals surface area contributed by atoms with E-state index in [1.165, 1.54) is 9.99 Å². The molecule has 2 nitrogen and oxygen atoms in total. The van der Waals surface area contributed by atoms with E-state index in [0.29, 0.717) is 5.92 Å².